The van der Waals surface area contributed by atoms with Crippen LogP contribution in [-0.2, 0) is 50.2 Å². The first-order valence-electron chi connectivity index (χ1n) is 23.6. The summed E-state index contributed by atoms with van der Waals surface area (Å²) in [6.45, 7) is 11.0. The fourth-order valence-electron chi connectivity index (χ4n) is 8.92. The molecule has 1 aromatic heterocycles. The van der Waals surface area contributed by atoms with Crippen molar-refractivity contribution < 1.29 is 45.9 Å². The number of hydrogen-bond acceptors (Lipinski definition) is 8. The van der Waals surface area contributed by atoms with Crippen molar-refractivity contribution in [3.63, 3.8) is 0 Å². The van der Waals surface area contributed by atoms with E-state index in [2.05, 4.69) is 10.3 Å². The summed E-state index contributed by atoms with van der Waals surface area (Å²) < 4.78 is 74.7. The fourth-order valence-corrected chi connectivity index (χ4v) is 10.3. The molecule has 2 fully saturated rings. The van der Waals surface area contributed by atoms with Crippen molar-refractivity contribution in [2.24, 2.45) is 13.0 Å². The summed E-state index contributed by atoms with van der Waals surface area (Å²) in [4.78, 5) is 69.4. The van der Waals surface area contributed by atoms with Crippen LogP contribution in [0.25, 0.3) is 11.3 Å². The minimum atomic E-state index is -4.88. The summed E-state index contributed by atoms with van der Waals surface area (Å²) in [5, 5.41) is 2.95. The zero-order valence-corrected chi connectivity index (χ0v) is 44.6. The van der Waals surface area contributed by atoms with E-state index < -0.39 is 86.9 Å². The van der Waals surface area contributed by atoms with Gasteiger partial charge in [0.05, 0.1) is 49.5 Å². The molecule has 2 bridgehead atoms. The van der Waals surface area contributed by atoms with Crippen molar-refractivity contribution in [1.29, 1.82) is 0 Å². The third kappa shape index (κ3) is 13.3. The van der Waals surface area contributed by atoms with E-state index in [-0.39, 0.29) is 53.2 Å². The standard InChI is InChI=1S/C51H65Cl2F4N7O6Si/c1-32-46(66)59-41(30-69-71(9,10)49(2,3)4)48(68)62(8)50(25-33-12-16-36(52)17-13-33)20-11-21-63(31-50)47(67)35(26-51(55,56)57)22-45(65)64(32)28-39-40(54)23-37(53)24-43(39)70-38-18-14-34(15-19-38)42-27-58-44(61(42)7)29-60(5)6/h12-19,23-24,27,32,35,41H,11,20-22,25-26,28-31H2,1-10H3,(H,59,66)/t32-,35-,41-,50+/m0/s1. The number of piperidine rings is 1. The van der Waals surface area contributed by atoms with E-state index in [1.54, 1.807) is 61.8 Å². The average Bonchev–Trinajstić information content (AvgIpc) is 3.64. The molecule has 3 aromatic carbocycles. The largest absolute Gasteiger partial charge is 0.457 e. The molecular formula is C51H65Cl2F4N7O6Si. The molecule has 1 N–H and O–H groups in total. The Hall–Kier alpha value is -5.01. The number of aromatic nitrogens is 2. The number of halogens is 6. The maximum absolute atomic E-state index is 16.4. The molecule has 0 unspecified atom stereocenters. The SMILES string of the molecule is C[C@H]1C(=O)N[C@@H](CO[Si](C)(C)C(C)(C)C)C(=O)N(C)[C@@]2(Cc3ccc(Cl)cc3)CCCN(C2)C(=O)[C@H](CC(F)(F)F)CC(=O)N1Cc1c(F)cc(Cl)cc1Oc1ccc(-c2cnc(CN(C)C)n2C)cc1. The van der Waals surface area contributed by atoms with Gasteiger partial charge in [-0.25, -0.2) is 9.37 Å². The Labute approximate surface area is 424 Å². The van der Waals surface area contributed by atoms with Gasteiger partial charge in [-0.15, -0.1) is 0 Å². The van der Waals surface area contributed by atoms with Gasteiger partial charge >= 0.3 is 6.18 Å². The lowest BCUT2D eigenvalue weighted by Gasteiger charge is -2.50. The number of ether oxygens (including phenoxy) is 1. The van der Waals surface area contributed by atoms with Crippen LogP contribution >= 0.6 is 23.2 Å². The van der Waals surface area contributed by atoms with Crippen LogP contribution in [0.3, 0.4) is 0 Å². The van der Waals surface area contributed by atoms with Gasteiger partial charge in [-0.05, 0) is 113 Å². The topological polar surface area (TPSA) is 130 Å². The van der Waals surface area contributed by atoms with Gasteiger partial charge in [-0.2, -0.15) is 13.2 Å². The molecule has 13 nitrogen and oxygen atoms in total. The van der Waals surface area contributed by atoms with E-state index in [4.69, 9.17) is 32.4 Å². The van der Waals surface area contributed by atoms with E-state index in [1.807, 2.05) is 64.5 Å². The number of imidazole rings is 1. The second-order valence-electron chi connectivity index (χ2n) is 20.7. The highest BCUT2D eigenvalue weighted by Gasteiger charge is 2.48. The molecule has 4 atom stereocenters. The number of amides is 4. The Bertz CT molecular complexity index is 2570. The second kappa shape index (κ2) is 22.0. The molecule has 4 amide bonds. The molecule has 0 radical (unpaired) electrons. The summed E-state index contributed by atoms with van der Waals surface area (Å²) >= 11 is 12.6. The van der Waals surface area contributed by atoms with Gasteiger partial charge < -0.3 is 38.6 Å². The number of nitrogens with one attached hydrogen (secondary N) is 1. The van der Waals surface area contributed by atoms with Crippen molar-refractivity contribution in [3.8, 4) is 22.8 Å². The van der Waals surface area contributed by atoms with Crippen LogP contribution in [0.15, 0.2) is 66.9 Å². The van der Waals surface area contributed by atoms with Crippen LogP contribution in [-0.4, -0.2) is 126 Å². The van der Waals surface area contributed by atoms with Crippen molar-refractivity contribution >= 4 is 55.1 Å². The number of rotatable bonds is 13. The summed E-state index contributed by atoms with van der Waals surface area (Å²) in [5.41, 5.74) is 0.982. The van der Waals surface area contributed by atoms with Crippen LogP contribution in [0.1, 0.15) is 70.3 Å². The second-order valence-corrected chi connectivity index (χ2v) is 26.4. The third-order valence-electron chi connectivity index (χ3n) is 14.2. The number of carbonyl (C=O) groups is 4. The quantitative estimate of drug-likeness (QED) is 0.104. The lowest BCUT2D eigenvalue weighted by atomic mass is 9.80. The summed E-state index contributed by atoms with van der Waals surface area (Å²) in [7, 11) is 4.77. The lowest BCUT2D eigenvalue weighted by Crippen LogP contribution is -2.66. The number of likely N-dealkylation sites (N-methyl/N-ethyl adjacent to an activating group) is 1. The van der Waals surface area contributed by atoms with Crippen molar-refractivity contribution in [2.45, 2.75) is 115 Å². The van der Waals surface area contributed by atoms with E-state index >= 15 is 9.18 Å². The van der Waals surface area contributed by atoms with Crippen LogP contribution in [0, 0.1) is 11.7 Å². The van der Waals surface area contributed by atoms with Gasteiger partial charge in [0, 0.05) is 54.8 Å². The monoisotopic (exact) mass is 1050 g/mol. The maximum atomic E-state index is 16.4. The molecule has 2 aliphatic heterocycles. The van der Waals surface area contributed by atoms with E-state index in [0.29, 0.717) is 24.4 Å². The molecule has 0 saturated carbocycles. The van der Waals surface area contributed by atoms with Gasteiger partial charge in [0.1, 0.15) is 35.2 Å². The number of hydrogen-bond donors (Lipinski definition) is 1. The van der Waals surface area contributed by atoms with E-state index in [1.165, 1.54) is 22.8 Å². The van der Waals surface area contributed by atoms with Crippen molar-refractivity contribution in [3.05, 3.63) is 99.7 Å². The minimum absolute atomic E-state index is 0.0592. The summed E-state index contributed by atoms with van der Waals surface area (Å²) in [6.07, 6.45) is -4.89. The molecule has 2 aliphatic rings. The predicted octanol–water partition coefficient (Wildman–Crippen LogP) is 9.65. The van der Waals surface area contributed by atoms with Crippen LogP contribution in [0.5, 0.6) is 11.5 Å². The number of alkyl halides is 3. The molecule has 0 spiro atoms. The van der Waals surface area contributed by atoms with Gasteiger partial charge in [-0.1, -0.05) is 56.1 Å². The molecule has 71 heavy (non-hydrogen) atoms. The minimum Gasteiger partial charge on any atom is -0.457 e. The molecule has 20 heteroatoms. The van der Waals surface area contributed by atoms with Gasteiger partial charge in [0.15, 0.2) is 8.32 Å². The molecule has 4 aromatic rings. The van der Waals surface area contributed by atoms with Crippen LogP contribution in [0.2, 0.25) is 28.2 Å². The smallest absolute Gasteiger partial charge is 0.389 e. The molecule has 6 rings (SSSR count). The first kappa shape index (κ1) is 55.3. The zero-order valence-electron chi connectivity index (χ0n) is 42.1. The number of carbonyl (C=O) groups excluding carboxylic acids is 4. The Kier molecular flexibility index (Phi) is 17.1. The van der Waals surface area contributed by atoms with E-state index in [0.717, 1.165) is 33.6 Å². The van der Waals surface area contributed by atoms with Crippen molar-refractivity contribution in [1.82, 2.24) is 34.5 Å². The highest BCUT2D eigenvalue weighted by molar-refractivity contribution is 6.74. The third-order valence-corrected chi connectivity index (χ3v) is 19.1. The van der Waals surface area contributed by atoms with Gasteiger partial charge in [-0.3, -0.25) is 19.2 Å². The number of nitrogens with zero attached hydrogens (tertiary/aromatic N) is 6. The highest BCUT2D eigenvalue weighted by Crippen LogP contribution is 2.39. The summed E-state index contributed by atoms with van der Waals surface area (Å²) in [5.74, 6) is -5.31. The Morgan fingerprint density at radius 1 is 0.944 bits per heavy atom. The van der Waals surface area contributed by atoms with Gasteiger partial charge in [0.25, 0.3) is 0 Å². The van der Waals surface area contributed by atoms with E-state index in [9.17, 15) is 27.6 Å². The number of benzene rings is 3. The molecular weight excluding hydrogens is 982 g/mol. The predicted molar refractivity (Wildman–Crippen MR) is 268 cm³/mol. The van der Waals surface area contributed by atoms with Crippen LogP contribution < -0.4 is 10.1 Å². The van der Waals surface area contributed by atoms with Crippen LogP contribution in [0.4, 0.5) is 17.6 Å². The lowest BCUT2D eigenvalue weighted by molar-refractivity contribution is -0.166. The normalized spacial score (nSPS) is 21.2. The Morgan fingerprint density at radius 2 is 1.61 bits per heavy atom. The average molecular weight is 1050 g/mol. The Balaban J connectivity index is 1.41. The first-order chi connectivity index (χ1) is 33.1. The highest BCUT2D eigenvalue weighted by atomic mass is 35.5. The zero-order chi connectivity index (χ0) is 52.4. The molecule has 3 heterocycles. The Morgan fingerprint density at radius 3 is 2.23 bits per heavy atom. The first-order valence-corrected chi connectivity index (χ1v) is 27.3. The fraction of sp³-hybridized carbons (Fsp3) is 0.510. The maximum Gasteiger partial charge on any atom is 0.389 e. The molecule has 2 saturated heterocycles. The molecule has 0 aliphatic carbocycles. The van der Waals surface area contributed by atoms with Crippen molar-refractivity contribution in [2.75, 3.05) is 40.8 Å². The number of fused-ring (bicyclic) bond motifs is 2. The van der Waals surface area contributed by atoms with Gasteiger partial charge in [0.2, 0.25) is 23.6 Å². The summed E-state index contributed by atoms with van der Waals surface area (Å²) in [6, 6.07) is 13.3. The molecule has 386 valence electrons.